The standard InChI is InChI=1S/C17H21ClN2O2S/c1-19(16(22)11-20-8-4-5-12(21)9-20)10-15-17(18)13-6-2-3-7-14(13)23-15/h2-3,6-7,12,21H,4-5,8-11H2,1H3/t12-/m0/s1. The van der Waals surface area contributed by atoms with E-state index in [1.807, 2.05) is 36.2 Å². The molecule has 0 saturated carbocycles. The van der Waals surface area contributed by atoms with Crippen LogP contribution in [0.15, 0.2) is 24.3 Å². The summed E-state index contributed by atoms with van der Waals surface area (Å²) in [5.74, 6) is 0.0626. The molecule has 1 aliphatic heterocycles. The summed E-state index contributed by atoms with van der Waals surface area (Å²) in [6.07, 6.45) is 1.47. The maximum Gasteiger partial charge on any atom is 0.236 e. The Morgan fingerprint density at radius 2 is 2.26 bits per heavy atom. The zero-order valence-electron chi connectivity index (χ0n) is 13.2. The number of carbonyl (C=O) groups excluding carboxylic acids is 1. The molecule has 0 unspecified atom stereocenters. The number of aliphatic hydroxyl groups is 1. The van der Waals surface area contributed by atoms with Gasteiger partial charge in [0.15, 0.2) is 0 Å². The summed E-state index contributed by atoms with van der Waals surface area (Å²) in [6.45, 7) is 2.34. The number of likely N-dealkylation sites (N-methyl/N-ethyl adjacent to an activating group) is 1. The topological polar surface area (TPSA) is 43.8 Å². The summed E-state index contributed by atoms with van der Waals surface area (Å²) in [4.78, 5) is 17.2. The van der Waals surface area contributed by atoms with E-state index in [1.54, 1.807) is 16.2 Å². The molecule has 0 aliphatic carbocycles. The first-order valence-electron chi connectivity index (χ1n) is 7.85. The minimum Gasteiger partial charge on any atom is -0.392 e. The minimum absolute atomic E-state index is 0.0626. The van der Waals surface area contributed by atoms with E-state index in [1.165, 1.54) is 0 Å². The first-order chi connectivity index (χ1) is 11.0. The van der Waals surface area contributed by atoms with Crippen LogP contribution in [-0.2, 0) is 11.3 Å². The third-order valence-electron chi connectivity index (χ3n) is 4.25. The number of piperidine rings is 1. The van der Waals surface area contributed by atoms with Gasteiger partial charge in [0.25, 0.3) is 0 Å². The Hall–Kier alpha value is -1.14. The molecule has 1 N–H and O–H groups in total. The fourth-order valence-electron chi connectivity index (χ4n) is 2.96. The molecule has 3 rings (SSSR count). The molecule has 1 saturated heterocycles. The minimum atomic E-state index is -0.307. The van der Waals surface area contributed by atoms with Gasteiger partial charge in [0.1, 0.15) is 0 Å². The molecule has 23 heavy (non-hydrogen) atoms. The second-order valence-corrected chi connectivity index (χ2v) is 7.63. The van der Waals surface area contributed by atoms with Gasteiger partial charge in [-0.2, -0.15) is 0 Å². The van der Waals surface area contributed by atoms with Crippen molar-refractivity contribution in [1.82, 2.24) is 9.80 Å². The fourth-order valence-corrected chi connectivity index (χ4v) is 4.50. The van der Waals surface area contributed by atoms with Gasteiger partial charge in [-0.3, -0.25) is 9.69 Å². The van der Waals surface area contributed by atoms with Crippen molar-refractivity contribution in [1.29, 1.82) is 0 Å². The maximum atomic E-state index is 12.4. The van der Waals surface area contributed by atoms with E-state index >= 15 is 0 Å². The van der Waals surface area contributed by atoms with E-state index in [-0.39, 0.29) is 12.0 Å². The van der Waals surface area contributed by atoms with Crippen LogP contribution in [0.1, 0.15) is 17.7 Å². The summed E-state index contributed by atoms with van der Waals surface area (Å²) in [5, 5.41) is 11.5. The summed E-state index contributed by atoms with van der Waals surface area (Å²) in [5.41, 5.74) is 0. The highest BCUT2D eigenvalue weighted by Crippen LogP contribution is 2.35. The number of thiophene rings is 1. The molecule has 1 aliphatic rings. The number of halogens is 1. The summed E-state index contributed by atoms with van der Waals surface area (Å²) in [6, 6.07) is 8.03. The molecular formula is C17H21ClN2O2S. The first-order valence-corrected chi connectivity index (χ1v) is 9.04. The molecule has 6 heteroatoms. The predicted molar refractivity (Wildman–Crippen MR) is 95.0 cm³/mol. The van der Waals surface area contributed by atoms with Crippen LogP contribution in [0.25, 0.3) is 10.1 Å². The van der Waals surface area contributed by atoms with Crippen LogP contribution in [0, 0.1) is 0 Å². The average molecular weight is 353 g/mol. The molecule has 1 fully saturated rings. The second kappa shape index (κ2) is 7.18. The van der Waals surface area contributed by atoms with Crippen molar-refractivity contribution in [3.05, 3.63) is 34.2 Å². The number of carbonyl (C=O) groups is 1. The number of nitrogens with zero attached hydrogens (tertiary/aromatic N) is 2. The lowest BCUT2D eigenvalue weighted by atomic mass is 10.1. The number of hydrogen-bond donors (Lipinski definition) is 1. The largest absolute Gasteiger partial charge is 0.392 e. The van der Waals surface area contributed by atoms with Crippen LogP contribution in [0.5, 0.6) is 0 Å². The number of rotatable bonds is 4. The SMILES string of the molecule is CN(Cc1sc2ccccc2c1Cl)C(=O)CN1CCC[C@H](O)C1. The van der Waals surface area contributed by atoms with Crippen molar-refractivity contribution in [2.24, 2.45) is 0 Å². The molecule has 0 radical (unpaired) electrons. The lowest BCUT2D eigenvalue weighted by Gasteiger charge is -2.30. The number of hydrogen-bond acceptors (Lipinski definition) is 4. The third-order valence-corrected chi connectivity index (χ3v) is 5.95. The fraction of sp³-hybridized carbons (Fsp3) is 0.471. The van der Waals surface area contributed by atoms with E-state index in [9.17, 15) is 9.90 Å². The highest BCUT2D eigenvalue weighted by molar-refractivity contribution is 7.19. The Balaban J connectivity index is 1.64. The van der Waals surface area contributed by atoms with Crippen LogP contribution in [0.2, 0.25) is 5.02 Å². The van der Waals surface area contributed by atoms with E-state index in [0.29, 0.717) is 19.6 Å². The molecule has 124 valence electrons. The van der Waals surface area contributed by atoms with Crippen LogP contribution in [0.4, 0.5) is 0 Å². The normalized spacial score (nSPS) is 19.2. The zero-order chi connectivity index (χ0) is 16.4. The molecule has 4 nitrogen and oxygen atoms in total. The van der Waals surface area contributed by atoms with Crippen LogP contribution in [-0.4, -0.2) is 53.6 Å². The molecule has 0 bridgehead atoms. The molecule has 1 amide bonds. The number of fused-ring (bicyclic) bond motifs is 1. The highest BCUT2D eigenvalue weighted by Gasteiger charge is 2.22. The van der Waals surface area contributed by atoms with Crippen molar-refractivity contribution in [3.8, 4) is 0 Å². The molecule has 2 aromatic rings. The lowest BCUT2D eigenvalue weighted by molar-refractivity contribution is -0.132. The van der Waals surface area contributed by atoms with Crippen LogP contribution < -0.4 is 0 Å². The van der Waals surface area contributed by atoms with E-state index in [4.69, 9.17) is 11.6 Å². The predicted octanol–water partition coefficient (Wildman–Crippen LogP) is 2.97. The quantitative estimate of drug-likeness (QED) is 0.920. The Labute approximate surface area is 145 Å². The monoisotopic (exact) mass is 352 g/mol. The zero-order valence-corrected chi connectivity index (χ0v) is 14.7. The van der Waals surface area contributed by atoms with Crippen LogP contribution in [0.3, 0.4) is 0 Å². The molecule has 2 heterocycles. The number of aliphatic hydroxyl groups excluding tert-OH is 1. The Kier molecular flexibility index (Phi) is 5.21. The Morgan fingerprint density at radius 3 is 3.00 bits per heavy atom. The van der Waals surface area contributed by atoms with Gasteiger partial charge in [-0.05, 0) is 25.5 Å². The number of benzene rings is 1. The molecule has 0 spiro atoms. The molecule has 1 aromatic carbocycles. The van der Waals surface area contributed by atoms with Gasteiger partial charge in [0, 0.05) is 28.6 Å². The first kappa shape index (κ1) is 16.7. The van der Waals surface area contributed by atoms with Crippen LogP contribution >= 0.6 is 22.9 Å². The smallest absolute Gasteiger partial charge is 0.236 e. The summed E-state index contributed by atoms with van der Waals surface area (Å²) < 4.78 is 1.15. The molecule has 1 atom stereocenters. The summed E-state index contributed by atoms with van der Waals surface area (Å²) >= 11 is 8.08. The number of β-amino-alcohol motifs (C(OH)–C–C–N with tert-alkyl or cyclic N) is 1. The van der Waals surface area contributed by atoms with Gasteiger partial charge in [-0.1, -0.05) is 29.8 Å². The molecular weight excluding hydrogens is 332 g/mol. The second-order valence-electron chi connectivity index (χ2n) is 6.12. The highest BCUT2D eigenvalue weighted by atomic mass is 35.5. The average Bonchev–Trinajstić information content (AvgIpc) is 2.84. The van der Waals surface area contributed by atoms with E-state index in [0.717, 1.165) is 39.4 Å². The number of amides is 1. The van der Waals surface area contributed by atoms with Gasteiger partial charge in [-0.15, -0.1) is 11.3 Å². The molecule has 1 aromatic heterocycles. The van der Waals surface area contributed by atoms with Crippen molar-refractivity contribution in [3.63, 3.8) is 0 Å². The lowest BCUT2D eigenvalue weighted by Crippen LogP contribution is -2.44. The van der Waals surface area contributed by atoms with Crippen molar-refractivity contribution in [2.45, 2.75) is 25.5 Å². The maximum absolute atomic E-state index is 12.4. The Morgan fingerprint density at radius 1 is 1.48 bits per heavy atom. The van der Waals surface area contributed by atoms with E-state index < -0.39 is 0 Å². The van der Waals surface area contributed by atoms with Gasteiger partial charge >= 0.3 is 0 Å². The van der Waals surface area contributed by atoms with Crippen molar-refractivity contribution < 1.29 is 9.90 Å². The van der Waals surface area contributed by atoms with Gasteiger partial charge in [-0.25, -0.2) is 0 Å². The van der Waals surface area contributed by atoms with Crippen molar-refractivity contribution in [2.75, 3.05) is 26.7 Å². The van der Waals surface area contributed by atoms with Gasteiger partial charge in [0.2, 0.25) is 5.91 Å². The van der Waals surface area contributed by atoms with Gasteiger partial charge in [0.05, 0.1) is 24.2 Å². The third kappa shape index (κ3) is 3.86. The van der Waals surface area contributed by atoms with E-state index in [2.05, 4.69) is 0 Å². The number of likely N-dealkylation sites (tertiary alicyclic amines) is 1. The van der Waals surface area contributed by atoms with Gasteiger partial charge < -0.3 is 10.0 Å². The Bertz CT molecular complexity index is 703. The summed E-state index contributed by atoms with van der Waals surface area (Å²) in [7, 11) is 1.81. The van der Waals surface area contributed by atoms with Crippen molar-refractivity contribution >= 4 is 38.9 Å².